The van der Waals surface area contributed by atoms with Crippen LogP contribution in [0.2, 0.25) is 10.0 Å². The smallest absolute Gasteiger partial charge is 0.336 e. The summed E-state index contributed by atoms with van der Waals surface area (Å²) in [6.45, 7) is 1.88. The molecule has 2 nitrogen and oxygen atoms in total. The summed E-state index contributed by atoms with van der Waals surface area (Å²) in [5.74, 6) is 0.616. The Kier molecular flexibility index (Phi) is 4.48. The molecule has 0 atom stereocenters. The summed E-state index contributed by atoms with van der Waals surface area (Å²) in [7, 11) is 0. The van der Waals surface area contributed by atoms with E-state index in [1.165, 1.54) is 6.07 Å². The van der Waals surface area contributed by atoms with Gasteiger partial charge >= 0.3 is 5.63 Å². The fourth-order valence-corrected chi connectivity index (χ4v) is 3.58. The number of hydrogen-bond donors (Lipinski definition) is 0. The van der Waals surface area contributed by atoms with Gasteiger partial charge in [0.1, 0.15) is 5.58 Å². The highest BCUT2D eigenvalue weighted by molar-refractivity contribution is 7.98. The van der Waals surface area contributed by atoms with Crippen LogP contribution >= 0.6 is 35.0 Å². The summed E-state index contributed by atoms with van der Waals surface area (Å²) in [5.41, 5.74) is 1.97. The van der Waals surface area contributed by atoms with Crippen LogP contribution in [0, 0.1) is 6.92 Å². The summed E-state index contributed by atoms with van der Waals surface area (Å²) in [4.78, 5) is 12.7. The van der Waals surface area contributed by atoms with Crippen LogP contribution in [0.4, 0.5) is 0 Å². The molecule has 0 saturated heterocycles. The van der Waals surface area contributed by atoms with Crippen molar-refractivity contribution < 1.29 is 4.42 Å². The zero-order chi connectivity index (χ0) is 15.7. The van der Waals surface area contributed by atoms with Crippen molar-refractivity contribution in [3.05, 3.63) is 74.1 Å². The molecule has 0 aliphatic heterocycles. The minimum Gasteiger partial charge on any atom is -0.423 e. The fourth-order valence-electron chi connectivity index (χ4n) is 2.18. The summed E-state index contributed by atoms with van der Waals surface area (Å²) in [6.07, 6.45) is 0. The molecule has 3 aromatic rings. The van der Waals surface area contributed by atoms with Gasteiger partial charge in [0.2, 0.25) is 0 Å². The Morgan fingerprint density at radius 1 is 1.09 bits per heavy atom. The van der Waals surface area contributed by atoms with Crippen LogP contribution in [0.3, 0.4) is 0 Å². The number of thioether (sulfide) groups is 1. The standard InChI is InChI=1S/C17H12Cl2O2S/c1-10-6-15-12(8-14(10)19)11(7-17(20)21-15)9-22-16-5-3-2-4-13(16)18/h2-8H,9H2,1H3. The largest absolute Gasteiger partial charge is 0.423 e. The highest BCUT2D eigenvalue weighted by atomic mass is 35.5. The van der Waals surface area contributed by atoms with Crippen molar-refractivity contribution in [3.8, 4) is 0 Å². The Labute approximate surface area is 142 Å². The molecule has 2 aromatic carbocycles. The monoisotopic (exact) mass is 350 g/mol. The maximum absolute atomic E-state index is 11.7. The van der Waals surface area contributed by atoms with Gasteiger partial charge in [0.05, 0.1) is 5.02 Å². The van der Waals surface area contributed by atoms with Crippen LogP contribution in [0.1, 0.15) is 11.1 Å². The van der Waals surface area contributed by atoms with E-state index in [-0.39, 0.29) is 5.63 Å². The predicted molar refractivity (Wildman–Crippen MR) is 93.2 cm³/mol. The van der Waals surface area contributed by atoms with Gasteiger partial charge in [-0.05, 0) is 42.3 Å². The summed E-state index contributed by atoms with van der Waals surface area (Å²) in [5, 5.41) is 2.22. The van der Waals surface area contributed by atoms with E-state index in [1.807, 2.05) is 37.3 Å². The second-order valence-electron chi connectivity index (χ2n) is 4.91. The Hall–Kier alpha value is -1.42. The Balaban J connectivity index is 2.01. The van der Waals surface area contributed by atoms with E-state index in [4.69, 9.17) is 27.6 Å². The zero-order valence-corrected chi connectivity index (χ0v) is 14.1. The molecule has 0 spiro atoms. The lowest BCUT2D eigenvalue weighted by atomic mass is 10.1. The van der Waals surface area contributed by atoms with Gasteiger partial charge in [0, 0.05) is 27.1 Å². The molecular formula is C17H12Cl2O2S. The third kappa shape index (κ3) is 3.17. The first-order chi connectivity index (χ1) is 10.5. The van der Waals surface area contributed by atoms with Gasteiger partial charge in [-0.25, -0.2) is 4.79 Å². The lowest BCUT2D eigenvalue weighted by molar-refractivity contribution is 0.559. The van der Waals surface area contributed by atoms with E-state index in [2.05, 4.69) is 0 Å². The second kappa shape index (κ2) is 6.37. The first-order valence-electron chi connectivity index (χ1n) is 6.65. The Bertz CT molecular complexity index is 903. The van der Waals surface area contributed by atoms with Crippen molar-refractivity contribution in [3.63, 3.8) is 0 Å². The number of halogens is 2. The predicted octanol–water partition coefficient (Wildman–Crippen LogP) is 5.70. The first kappa shape index (κ1) is 15.5. The lowest BCUT2D eigenvalue weighted by Gasteiger charge is -2.08. The average molecular weight is 351 g/mol. The molecule has 22 heavy (non-hydrogen) atoms. The van der Waals surface area contributed by atoms with Crippen LogP contribution in [-0.4, -0.2) is 0 Å². The molecular weight excluding hydrogens is 339 g/mol. The van der Waals surface area contributed by atoms with Gasteiger partial charge in [-0.15, -0.1) is 11.8 Å². The summed E-state index contributed by atoms with van der Waals surface area (Å²) in [6, 6.07) is 12.8. The van der Waals surface area contributed by atoms with Crippen LogP contribution < -0.4 is 5.63 Å². The third-order valence-corrected chi connectivity index (χ3v) is 5.30. The molecule has 5 heteroatoms. The lowest BCUT2D eigenvalue weighted by Crippen LogP contribution is -2.00. The Morgan fingerprint density at radius 3 is 2.64 bits per heavy atom. The number of fused-ring (bicyclic) bond motifs is 1. The molecule has 0 N–H and O–H groups in total. The van der Waals surface area contributed by atoms with E-state index in [0.29, 0.717) is 21.4 Å². The molecule has 0 unspecified atom stereocenters. The average Bonchev–Trinajstić information content (AvgIpc) is 2.48. The quantitative estimate of drug-likeness (QED) is 0.448. The zero-order valence-electron chi connectivity index (χ0n) is 11.7. The molecule has 3 rings (SSSR count). The molecule has 0 amide bonds. The van der Waals surface area contributed by atoms with Crippen molar-refractivity contribution in [2.24, 2.45) is 0 Å². The molecule has 0 fully saturated rings. The normalized spacial score (nSPS) is 11.0. The van der Waals surface area contributed by atoms with E-state index < -0.39 is 0 Å². The number of benzene rings is 2. The van der Waals surface area contributed by atoms with Gasteiger partial charge in [0.25, 0.3) is 0 Å². The molecule has 0 bridgehead atoms. The molecule has 112 valence electrons. The molecule has 0 radical (unpaired) electrons. The van der Waals surface area contributed by atoms with Crippen LogP contribution in [0.25, 0.3) is 11.0 Å². The SMILES string of the molecule is Cc1cc2oc(=O)cc(CSc3ccccc3Cl)c2cc1Cl. The molecule has 0 saturated carbocycles. The van der Waals surface area contributed by atoms with Gasteiger partial charge in [-0.3, -0.25) is 0 Å². The van der Waals surface area contributed by atoms with E-state index in [0.717, 1.165) is 21.4 Å². The van der Waals surface area contributed by atoms with Crippen molar-refractivity contribution in [2.75, 3.05) is 0 Å². The van der Waals surface area contributed by atoms with Crippen molar-refractivity contribution in [2.45, 2.75) is 17.6 Å². The minimum absolute atomic E-state index is 0.357. The van der Waals surface area contributed by atoms with Crippen molar-refractivity contribution in [1.29, 1.82) is 0 Å². The van der Waals surface area contributed by atoms with Gasteiger partial charge < -0.3 is 4.42 Å². The van der Waals surface area contributed by atoms with Gasteiger partial charge in [-0.2, -0.15) is 0 Å². The summed E-state index contributed by atoms with van der Waals surface area (Å²) >= 11 is 13.9. The van der Waals surface area contributed by atoms with Crippen LogP contribution in [-0.2, 0) is 5.75 Å². The van der Waals surface area contributed by atoms with E-state index in [1.54, 1.807) is 17.8 Å². The van der Waals surface area contributed by atoms with Crippen molar-refractivity contribution in [1.82, 2.24) is 0 Å². The van der Waals surface area contributed by atoms with Crippen LogP contribution in [0.5, 0.6) is 0 Å². The Morgan fingerprint density at radius 2 is 1.86 bits per heavy atom. The maximum atomic E-state index is 11.7. The molecule has 0 aliphatic carbocycles. The van der Waals surface area contributed by atoms with Crippen molar-refractivity contribution >= 4 is 45.9 Å². The van der Waals surface area contributed by atoms with Crippen LogP contribution in [0.15, 0.2) is 56.6 Å². The first-order valence-corrected chi connectivity index (χ1v) is 8.39. The highest BCUT2D eigenvalue weighted by Crippen LogP contribution is 2.32. The van der Waals surface area contributed by atoms with Gasteiger partial charge in [-0.1, -0.05) is 35.3 Å². The topological polar surface area (TPSA) is 30.2 Å². The minimum atomic E-state index is -0.357. The molecule has 1 heterocycles. The van der Waals surface area contributed by atoms with E-state index in [9.17, 15) is 4.79 Å². The number of rotatable bonds is 3. The third-order valence-electron chi connectivity index (χ3n) is 3.33. The van der Waals surface area contributed by atoms with Gasteiger partial charge in [0.15, 0.2) is 0 Å². The number of hydrogen-bond acceptors (Lipinski definition) is 3. The highest BCUT2D eigenvalue weighted by Gasteiger charge is 2.10. The molecule has 0 aliphatic rings. The second-order valence-corrected chi connectivity index (χ2v) is 6.74. The number of aryl methyl sites for hydroxylation is 1. The molecule has 1 aromatic heterocycles. The maximum Gasteiger partial charge on any atom is 0.336 e. The summed E-state index contributed by atoms with van der Waals surface area (Å²) < 4.78 is 5.26. The fraction of sp³-hybridized carbons (Fsp3) is 0.118. The van der Waals surface area contributed by atoms with E-state index >= 15 is 0 Å².